The molecule has 0 aliphatic heterocycles. The summed E-state index contributed by atoms with van der Waals surface area (Å²) in [6, 6.07) is 16.3. The highest BCUT2D eigenvalue weighted by molar-refractivity contribution is 7.80. The van der Waals surface area contributed by atoms with Crippen LogP contribution in [0.2, 0.25) is 10.0 Å². The van der Waals surface area contributed by atoms with Gasteiger partial charge in [0.05, 0.1) is 32.7 Å². The van der Waals surface area contributed by atoms with Crippen LogP contribution in [0, 0.1) is 0 Å². The molecule has 0 saturated heterocycles. The fourth-order valence-corrected chi connectivity index (χ4v) is 5.34. The van der Waals surface area contributed by atoms with E-state index in [1.807, 2.05) is 24.3 Å². The number of para-hydroxylation sites is 1. The van der Waals surface area contributed by atoms with Crippen LogP contribution in [0.5, 0.6) is 0 Å². The first-order valence-electron chi connectivity index (χ1n) is 9.17. The summed E-state index contributed by atoms with van der Waals surface area (Å²) in [5.41, 5.74) is 3.89. The number of aromatic nitrogens is 3. The highest BCUT2D eigenvalue weighted by atomic mass is 35.5. The average molecular weight is 516 g/mol. The van der Waals surface area contributed by atoms with Crippen molar-refractivity contribution < 1.29 is 4.79 Å². The molecule has 2 heterocycles. The Bertz CT molecular complexity index is 1480. The zero-order chi connectivity index (χ0) is 22.2. The van der Waals surface area contributed by atoms with E-state index in [1.54, 1.807) is 30.3 Å². The maximum Gasteiger partial charge on any atom is 0.257 e. The van der Waals surface area contributed by atoms with E-state index in [4.69, 9.17) is 35.4 Å². The molecule has 0 aliphatic carbocycles. The van der Waals surface area contributed by atoms with E-state index in [-0.39, 0.29) is 11.0 Å². The predicted molar refractivity (Wildman–Crippen MR) is 136 cm³/mol. The largest absolute Gasteiger partial charge is 0.331 e. The number of nitrogens with one attached hydrogen (secondary N) is 2. The summed E-state index contributed by atoms with van der Waals surface area (Å²) in [5, 5.41) is 7.36. The van der Waals surface area contributed by atoms with Gasteiger partial charge in [-0.25, -0.2) is 4.98 Å². The fourth-order valence-electron chi connectivity index (χ4n) is 3.10. The van der Waals surface area contributed by atoms with Crippen LogP contribution >= 0.6 is 58.5 Å². The van der Waals surface area contributed by atoms with Gasteiger partial charge in [-0.05, 0) is 54.7 Å². The number of halogens is 2. The Morgan fingerprint density at radius 1 is 0.969 bits per heavy atom. The number of hydrogen-bond donors (Lipinski definition) is 2. The van der Waals surface area contributed by atoms with Gasteiger partial charge in [0.25, 0.3) is 5.91 Å². The lowest BCUT2D eigenvalue weighted by atomic mass is 10.2. The minimum atomic E-state index is -0.371. The lowest BCUT2D eigenvalue weighted by Gasteiger charge is -2.14. The molecule has 2 N–H and O–H groups in total. The van der Waals surface area contributed by atoms with Crippen molar-refractivity contribution in [2.75, 3.05) is 5.32 Å². The van der Waals surface area contributed by atoms with Crippen LogP contribution in [0.3, 0.4) is 0 Å². The van der Waals surface area contributed by atoms with Gasteiger partial charge < -0.3 is 5.32 Å². The van der Waals surface area contributed by atoms with E-state index in [1.165, 1.54) is 11.3 Å². The molecular formula is C21H11Cl2N5OS3. The lowest BCUT2D eigenvalue weighted by molar-refractivity contribution is 0.0978. The molecular weight excluding hydrogens is 505 g/mol. The van der Waals surface area contributed by atoms with E-state index in [9.17, 15) is 4.79 Å². The van der Waals surface area contributed by atoms with Crippen molar-refractivity contribution in [1.82, 2.24) is 19.0 Å². The van der Waals surface area contributed by atoms with Crippen molar-refractivity contribution >= 4 is 96.4 Å². The Labute approximate surface area is 205 Å². The molecule has 0 spiro atoms. The van der Waals surface area contributed by atoms with Crippen molar-refractivity contribution in [3.8, 4) is 10.6 Å². The van der Waals surface area contributed by atoms with Crippen molar-refractivity contribution in [2.45, 2.75) is 0 Å². The van der Waals surface area contributed by atoms with Crippen LogP contribution in [0.15, 0.2) is 54.6 Å². The highest BCUT2D eigenvalue weighted by Crippen LogP contribution is 2.40. The number of benzene rings is 3. The number of thiocarbonyl (C=S) groups is 1. The van der Waals surface area contributed by atoms with E-state index in [0.717, 1.165) is 32.5 Å². The SMILES string of the molecule is O=C(NC(=S)Nc1c(Cl)cc(Cl)cc1-c1nc2ccccc2s1)c1ccc2nsnc2c1. The number of fused-ring (bicyclic) bond motifs is 2. The average Bonchev–Trinajstić information content (AvgIpc) is 3.41. The summed E-state index contributed by atoms with van der Waals surface area (Å²) < 4.78 is 9.33. The Hall–Kier alpha value is -2.69. The molecule has 2 aromatic heterocycles. The van der Waals surface area contributed by atoms with Crippen molar-refractivity contribution in [2.24, 2.45) is 0 Å². The minimum absolute atomic E-state index is 0.0954. The third-order valence-electron chi connectivity index (χ3n) is 4.56. The molecule has 11 heteroatoms. The maximum atomic E-state index is 12.7. The lowest BCUT2D eigenvalue weighted by Crippen LogP contribution is -2.34. The Balaban J connectivity index is 1.43. The molecule has 0 fully saturated rings. The third kappa shape index (κ3) is 4.17. The number of carbonyl (C=O) groups excluding carboxylic acids is 1. The number of thiazole rings is 1. The van der Waals surface area contributed by atoms with E-state index >= 15 is 0 Å². The van der Waals surface area contributed by atoms with Gasteiger partial charge in [-0.3, -0.25) is 10.1 Å². The van der Waals surface area contributed by atoms with Gasteiger partial charge in [0.1, 0.15) is 16.0 Å². The maximum absolute atomic E-state index is 12.7. The summed E-state index contributed by atoms with van der Waals surface area (Å²) in [6.07, 6.45) is 0. The van der Waals surface area contributed by atoms with Crippen LogP contribution in [-0.4, -0.2) is 24.8 Å². The van der Waals surface area contributed by atoms with Crippen molar-refractivity contribution in [3.05, 3.63) is 70.2 Å². The van der Waals surface area contributed by atoms with Gasteiger partial charge >= 0.3 is 0 Å². The van der Waals surface area contributed by atoms with E-state index in [2.05, 4.69) is 24.4 Å². The van der Waals surface area contributed by atoms with Gasteiger partial charge in [0, 0.05) is 16.1 Å². The number of rotatable bonds is 3. The van der Waals surface area contributed by atoms with Crippen LogP contribution in [0.1, 0.15) is 10.4 Å². The molecule has 0 saturated carbocycles. The summed E-state index contributed by atoms with van der Waals surface area (Å²) in [7, 11) is 0. The minimum Gasteiger partial charge on any atom is -0.331 e. The molecule has 5 aromatic rings. The fraction of sp³-hybridized carbons (Fsp3) is 0. The summed E-state index contributed by atoms with van der Waals surface area (Å²) in [4.78, 5) is 17.4. The summed E-state index contributed by atoms with van der Waals surface area (Å²) in [5.74, 6) is -0.371. The number of amides is 1. The highest BCUT2D eigenvalue weighted by Gasteiger charge is 2.17. The molecule has 0 atom stereocenters. The van der Waals surface area contributed by atoms with Gasteiger partial charge in [0.2, 0.25) is 0 Å². The molecule has 0 aliphatic rings. The second kappa shape index (κ2) is 8.68. The van der Waals surface area contributed by atoms with Gasteiger partial charge in [-0.2, -0.15) is 8.75 Å². The summed E-state index contributed by atoms with van der Waals surface area (Å²) >= 11 is 20.7. The van der Waals surface area contributed by atoms with Gasteiger partial charge in [-0.15, -0.1) is 11.3 Å². The Morgan fingerprint density at radius 2 is 1.78 bits per heavy atom. The zero-order valence-electron chi connectivity index (χ0n) is 15.9. The normalized spacial score (nSPS) is 11.1. The van der Waals surface area contributed by atoms with E-state index in [0.29, 0.717) is 32.4 Å². The Morgan fingerprint density at radius 3 is 2.62 bits per heavy atom. The Kier molecular flexibility index (Phi) is 5.75. The number of anilines is 1. The van der Waals surface area contributed by atoms with Crippen LogP contribution in [0.4, 0.5) is 5.69 Å². The number of carbonyl (C=O) groups is 1. The standard InChI is InChI=1S/C21H11Cl2N5OS3/c22-11-8-12(20-24-15-3-1-2-4-17(15)31-20)18(13(23)9-11)25-21(30)26-19(29)10-5-6-14-16(7-10)28-32-27-14/h1-9H,(H2,25,26,29,30). The first-order chi connectivity index (χ1) is 15.5. The second-order valence-corrected chi connectivity index (χ2v) is 9.48. The number of nitrogens with zero attached hydrogens (tertiary/aromatic N) is 3. The number of hydrogen-bond acceptors (Lipinski definition) is 7. The topological polar surface area (TPSA) is 79.8 Å². The zero-order valence-corrected chi connectivity index (χ0v) is 19.9. The third-order valence-corrected chi connectivity index (χ3v) is 6.91. The van der Waals surface area contributed by atoms with E-state index < -0.39 is 0 Å². The quantitative estimate of drug-likeness (QED) is 0.270. The first kappa shape index (κ1) is 21.2. The molecule has 1 amide bonds. The van der Waals surface area contributed by atoms with Crippen LogP contribution in [-0.2, 0) is 0 Å². The molecule has 158 valence electrons. The molecule has 0 radical (unpaired) electrons. The van der Waals surface area contributed by atoms with Gasteiger partial charge in [-0.1, -0.05) is 35.3 Å². The molecule has 0 bridgehead atoms. The van der Waals surface area contributed by atoms with Crippen molar-refractivity contribution in [3.63, 3.8) is 0 Å². The molecule has 0 unspecified atom stereocenters. The van der Waals surface area contributed by atoms with Crippen LogP contribution < -0.4 is 10.6 Å². The molecule has 6 nitrogen and oxygen atoms in total. The van der Waals surface area contributed by atoms with Crippen LogP contribution in [0.25, 0.3) is 31.8 Å². The molecule has 3 aromatic carbocycles. The summed E-state index contributed by atoms with van der Waals surface area (Å²) in [6.45, 7) is 0. The van der Waals surface area contributed by atoms with Crippen molar-refractivity contribution in [1.29, 1.82) is 0 Å². The second-order valence-electron chi connectivity index (χ2n) is 6.67. The predicted octanol–water partition coefficient (Wildman–Crippen LogP) is 6.40. The molecule has 32 heavy (non-hydrogen) atoms. The smallest absolute Gasteiger partial charge is 0.257 e. The van der Waals surface area contributed by atoms with Gasteiger partial charge in [0.15, 0.2) is 5.11 Å². The monoisotopic (exact) mass is 515 g/mol. The first-order valence-corrected chi connectivity index (χ1v) is 11.9. The molecule has 5 rings (SSSR count).